The molecule has 1 unspecified atom stereocenters. The topological polar surface area (TPSA) is 29.5 Å². The lowest BCUT2D eigenvalue weighted by molar-refractivity contribution is 0.0249. The van der Waals surface area contributed by atoms with Crippen molar-refractivity contribution in [3.63, 3.8) is 0 Å². The van der Waals surface area contributed by atoms with Crippen LogP contribution in [0.1, 0.15) is 18.9 Å². The van der Waals surface area contributed by atoms with Gasteiger partial charge in [0.05, 0.1) is 5.60 Å². The average Bonchev–Trinajstić information content (AvgIpc) is 2.14. The van der Waals surface area contributed by atoms with E-state index < -0.39 is 5.60 Å². The van der Waals surface area contributed by atoms with Crippen LogP contribution in [0.25, 0.3) is 0 Å². The lowest BCUT2D eigenvalue weighted by Crippen LogP contribution is -2.28. The van der Waals surface area contributed by atoms with E-state index in [2.05, 4.69) is 0 Å². The van der Waals surface area contributed by atoms with Crippen LogP contribution in [0.3, 0.4) is 0 Å². The third-order valence-corrected chi connectivity index (χ3v) is 2.32. The van der Waals surface area contributed by atoms with Gasteiger partial charge < -0.3 is 9.84 Å². The van der Waals surface area contributed by atoms with Gasteiger partial charge in [0.2, 0.25) is 0 Å². The van der Waals surface area contributed by atoms with Gasteiger partial charge in [-0.05, 0) is 31.0 Å². The maximum atomic E-state index is 12.9. The van der Waals surface area contributed by atoms with E-state index in [4.69, 9.17) is 4.74 Å². The summed E-state index contributed by atoms with van der Waals surface area (Å²) in [6, 6.07) is 6.30. The van der Waals surface area contributed by atoms with Gasteiger partial charge in [-0.25, -0.2) is 4.39 Å². The Labute approximate surface area is 89.7 Å². The minimum absolute atomic E-state index is 0.268. The molecule has 0 aliphatic carbocycles. The summed E-state index contributed by atoms with van der Waals surface area (Å²) in [5, 5.41) is 9.99. The fourth-order valence-electron chi connectivity index (χ4n) is 1.50. The van der Waals surface area contributed by atoms with Crippen molar-refractivity contribution in [2.75, 3.05) is 13.7 Å². The molecule has 3 heteroatoms. The molecule has 15 heavy (non-hydrogen) atoms. The lowest BCUT2D eigenvalue weighted by atomic mass is 9.93. The molecule has 2 nitrogen and oxygen atoms in total. The van der Waals surface area contributed by atoms with Crippen LogP contribution in [0.5, 0.6) is 0 Å². The van der Waals surface area contributed by atoms with Gasteiger partial charge in [-0.3, -0.25) is 0 Å². The van der Waals surface area contributed by atoms with Gasteiger partial charge in [0.1, 0.15) is 5.82 Å². The molecule has 0 spiro atoms. The van der Waals surface area contributed by atoms with Crippen LogP contribution in [0.4, 0.5) is 4.39 Å². The smallest absolute Gasteiger partial charge is 0.123 e. The molecule has 0 aliphatic rings. The molecular formula is C12H17FO2. The molecule has 1 rings (SSSR count). The molecule has 1 aromatic carbocycles. The lowest BCUT2D eigenvalue weighted by Gasteiger charge is -2.22. The number of hydrogen-bond donors (Lipinski definition) is 1. The highest BCUT2D eigenvalue weighted by atomic mass is 19.1. The normalized spacial score (nSPS) is 14.9. The van der Waals surface area contributed by atoms with Crippen molar-refractivity contribution < 1.29 is 14.2 Å². The molecular weight excluding hydrogens is 195 g/mol. The van der Waals surface area contributed by atoms with E-state index in [-0.39, 0.29) is 5.82 Å². The number of hydrogen-bond acceptors (Lipinski definition) is 2. The Kier molecular flexibility index (Phi) is 4.24. The Bertz CT molecular complexity index is 310. The van der Waals surface area contributed by atoms with Crippen molar-refractivity contribution in [2.45, 2.75) is 25.4 Å². The highest BCUT2D eigenvalue weighted by molar-refractivity contribution is 5.18. The predicted molar refractivity (Wildman–Crippen MR) is 57.2 cm³/mol. The van der Waals surface area contributed by atoms with Crippen LogP contribution in [-0.2, 0) is 11.2 Å². The van der Waals surface area contributed by atoms with E-state index in [0.717, 1.165) is 5.56 Å². The molecule has 0 radical (unpaired) electrons. The molecule has 1 N–H and O–H groups in total. The summed E-state index contributed by atoms with van der Waals surface area (Å²) in [5.41, 5.74) is -0.0415. The molecule has 0 bridgehead atoms. The van der Waals surface area contributed by atoms with Crippen LogP contribution in [0.15, 0.2) is 24.3 Å². The monoisotopic (exact) mass is 212 g/mol. The van der Waals surface area contributed by atoms with Gasteiger partial charge >= 0.3 is 0 Å². The Morgan fingerprint density at radius 3 is 2.80 bits per heavy atom. The maximum absolute atomic E-state index is 12.9. The quantitative estimate of drug-likeness (QED) is 0.810. The summed E-state index contributed by atoms with van der Waals surface area (Å²) < 4.78 is 17.8. The van der Waals surface area contributed by atoms with E-state index in [1.54, 1.807) is 20.1 Å². The standard InChI is InChI=1S/C12H17FO2/c1-12(14,6-7-15-2)9-10-4-3-5-11(13)8-10/h3-5,8,14H,6-7,9H2,1-2H3. The Balaban J connectivity index is 2.60. The molecule has 0 saturated carbocycles. The van der Waals surface area contributed by atoms with Gasteiger partial charge in [0.25, 0.3) is 0 Å². The van der Waals surface area contributed by atoms with Gasteiger partial charge in [-0.15, -0.1) is 0 Å². The van der Waals surface area contributed by atoms with Crippen molar-refractivity contribution in [3.05, 3.63) is 35.6 Å². The van der Waals surface area contributed by atoms with Gasteiger partial charge in [0.15, 0.2) is 0 Å². The molecule has 1 aromatic rings. The fraction of sp³-hybridized carbons (Fsp3) is 0.500. The van der Waals surface area contributed by atoms with E-state index in [1.165, 1.54) is 12.1 Å². The minimum Gasteiger partial charge on any atom is -0.390 e. The maximum Gasteiger partial charge on any atom is 0.123 e. The highest BCUT2D eigenvalue weighted by Crippen LogP contribution is 2.17. The van der Waals surface area contributed by atoms with Gasteiger partial charge in [-0.2, -0.15) is 0 Å². The van der Waals surface area contributed by atoms with Crippen LogP contribution in [0, 0.1) is 5.82 Å². The highest BCUT2D eigenvalue weighted by Gasteiger charge is 2.20. The molecule has 0 aromatic heterocycles. The molecule has 1 atom stereocenters. The van der Waals surface area contributed by atoms with E-state index in [9.17, 15) is 9.50 Å². The number of halogens is 1. The zero-order chi connectivity index (χ0) is 11.3. The molecule has 0 heterocycles. The SMILES string of the molecule is COCCC(C)(O)Cc1cccc(F)c1. The van der Waals surface area contributed by atoms with Crippen molar-refractivity contribution in [3.8, 4) is 0 Å². The summed E-state index contributed by atoms with van der Waals surface area (Å²) in [4.78, 5) is 0. The first-order chi connectivity index (χ1) is 7.03. The second-order valence-electron chi connectivity index (χ2n) is 4.05. The zero-order valence-electron chi connectivity index (χ0n) is 9.16. The Hall–Kier alpha value is -0.930. The third-order valence-electron chi connectivity index (χ3n) is 2.32. The summed E-state index contributed by atoms with van der Waals surface area (Å²) in [6.07, 6.45) is 0.980. The summed E-state index contributed by atoms with van der Waals surface area (Å²) in [7, 11) is 1.60. The molecule has 84 valence electrons. The van der Waals surface area contributed by atoms with Crippen molar-refractivity contribution >= 4 is 0 Å². The van der Waals surface area contributed by atoms with Crippen molar-refractivity contribution in [1.29, 1.82) is 0 Å². The van der Waals surface area contributed by atoms with Crippen molar-refractivity contribution in [1.82, 2.24) is 0 Å². The first-order valence-corrected chi connectivity index (χ1v) is 4.99. The minimum atomic E-state index is -0.843. The summed E-state index contributed by atoms with van der Waals surface area (Å²) in [5.74, 6) is -0.268. The first-order valence-electron chi connectivity index (χ1n) is 4.99. The van der Waals surface area contributed by atoms with E-state index in [0.29, 0.717) is 19.4 Å². The molecule has 0 amide bonds. The molecule has 0 aliphatic heterocycles. The van der Waals surface area contributed by atoms with Gasteiger partial charge in [0, 0.05) is 20.1 Å². The first kappa shape index (κ1) is 12.1. The predicted octanol–water partition coefficient (Wildman–Crippen LogP) is 2.16. The van der Waals surface area contributed by atoms with Crippen molar-refractivity contribution in [2.24, 2.45) is 0 Å². The van der Waals surface area contributed by atoms with E-state index in [1.807, 2.05) is 6.07 Å². The number of benzene rings is 1. The zero-order valence-corrected chi connectivity index (χ0v) is 9.16. The second-order valence-corrected chi connectivity index (χ2v) is 4.05. The van der Waals surface area contributed by atoms with Crippen LogP contribution >= 0.6 is 0 Å². The summed E-state index contributed by atoms with van der Waals surface area (Å²) in [6.45, 7) is 2.24. The Morgan fingerprint density at radius 1 is 1.47 bits per heavy atom. The number of methoxy groups -OCH3 is 1. The third kappa shape index (κ3) is 4.40. The van der Waals surface area contributed by atoms with Crippen LogP contribution in [0.2, 0.25) is 0 Å². The number of aliphatic hydroxyl groups is 1. The number of ether oxygens (including phenoxy) is 1. The van der Waals surface area contributed by atoms with Gasteiger partial charge in [-0.1, -0.05) is 12.1 Å². The summed E-state index contributed by atoms with van der Waals surface area (Å²) >= 11 is 0. The second kappa shape index (κ2) is 5.24. The van der Waals surface area contributed by atoms with Crippen LogP contribution in [-0.4, -0.2) is 24.4 Å². The van der Waals surface area contributed by atoms with E-state index >= 15 is 0 Å². The fourth-order valence-corrected chi connectivity index (χ4v) is 1.50. The largest absolute Gasteiger partial charge is 0.390 e. The molecule has 0 saturated heterocycles. The van der Waals surface area contributed by atoms with Crippen LogP contribution < -0.4 is 0 Å². The Morgan fingerprint density at radius 2 is 2.20 bits per heavy atom. The number of rotatable bonds is 5. The average molecular weight is 212 g/mol. The molecule has 0 fully saturated rings.